The summed E-state index contributed by atoms with van der Waals surface area (Å²) in [6.07, 6.45) is 0. The van der Waals surface area contributed by atoms with Gasteiger partial charge in [0.1, 0.15) is 0 Å². The summed E-state index contributed by atoms with van der Waals surface area (Å²) in [4.78, 5) is 4.60. The van der Waals surface area contributed by atoms with Crippen molar-refractivity contribution >= 4 is 0 Å². The van der Waals surface area contributed by atoms with Crippen molar-refractivity contribution in [2.45, 2.75) is 19.9 Å². The van der Waals surface area contributed by atoms with Crippen molar-refractivity contribution in [1.29, 1.82) is 0 Å². The van der Waals surface area contributed by atoms with E-state index in [-0.39, 0.29) is 12.6 Å². The maximum atomic E-state index is 8.89. The van der Waals surface area contributed by atoms with E-state index in [9.17, 15) is 0 Å². The van der Waals surface area contributed by atoms with Crippen LogP contribution in [0, 0.1) is 6.92 Å². The molecule has 0 radical (unpaired) electrons. The van der Waals surface area contributed by atoms with Gasteiger partial charge in [-0.15, -0.1) is 10.2 Å². The minimum Gasteiger partial charge on any atom is -0.424 e. The van der Waals surface area contributed by atoms with Crippen LogP contribution >= 0.6 is 0 Å². The van der Waals surface area contributed by atoms with Crippen LogP contribution in [0.15, 0.2) is 4.42 Å². The molecule has 0 aromatic carbocycles. The molecule has 1 N–H and O–H groups in total. The Morgan fingerprint density at radius 2 is 2.00 bits per heavy atom. The SMILES string of the molecule is Cc1nnc(C(C)N2CCN(CCO)CC2)o1. The number of aryl methyl sites for hydroxylation is 1. The normalized spacial score (nSPS) is 20.6. The fraction of sp³-hybridized carbons (Fsp3) is 0.818. The van der Waals surface area contributed by atoms with Crippen molar-refractivity contribution in [2.24, 2.45) is 0 Å². The molecule has 1 unspecified atom stereocenters. The van der Waals surface area contributed by atoms with Gasteiger partial charge in [-0.05, 0) is 6.92 Å². The third kappa shape index (κ3) is 3.02. The molecule has 1 aliphatic heterocycles. The fourth-order valence-electron chi connectivity index (χ4n) is 2.15. The molecule has 6 nitrogen and oxygen atoms in total. The van der Waals surface area contributed by atoms with E-state index in [1.807, 2.05) is 6.92 Å². The molecular weight excluding hydrogens is 220 g/mol. The molecule has 1 fully saturated rings. The molecule has 2 heterocycles. The summed E-state index contributed by atoms with van der Waals surface area (Å²) in [7, 11) is 0. The van der Waals surface area contributed by atoms with E-state index >= 15 is 0 Å². The molecule has 96 valence electrons. The standard InChI is InChI=1S/C11H20N4O2/c1-9(11-13-12-10(2)17-11)15-5-3-14(4-6-15)7-8-16/h9,16H,3-8H2,1-2H3. The van der Waals surface area contributed by atoms with Gasteiger partial charge in [-0.1, -0.05) is 0 Å². The average Bonchev–Trinajstić information content (AvgIpc) is 2.76. The highest BCUT2D eigenvalue weighted by molar-refractivity contribution is 4.89. The van der Waals surface area contributed by atoms with Crippen molar-refractivity contribution in [3.63, 3.8) is 0 Å². The first-order valence-electron chi connectivity index (χ1n) is 6.08. The number of aliphatic hydroxyl groups is 1. The fourth-order valence-corrected chi connectivity index (χ4v) is 2.15. The second kappa shape index (κ2) is 5.57. The monoisotopic (exact) mass is 240 g/mol. The first-order valence-corrected chi connectivity index (χ1v) is 6.08. The molecule has 1 aromatic heterocycles. The van der Waals surface area contributed by atoms with E-state index < -0.39 is 0 Å². The number of piperazine rings is 1. The van der Waals surface area contributed by atoms with Crippen LogP contribution in [0.5, 0.6) is 0 Å². The average molecular weight is 240 g/mol. The van der Waals surface area contributed by atoms with Gasteiger partial charge < -0.3 is 9.52 Å². The number of hydrogen-bond donors (Lipinski definition) is 1. The maximum Gasteiger partial charge on any atom is 0.233 e. The van der Waals surface area contributed by atoms with Crippen molar-refractivity contribution in [3.8, 4) is 0 Å². The number of hydrogen-bond acceptors (Lipinski definition) is 6. The zero-order valence-electron chi connectivity index (χ0n) is 10.5. The van der Waals surface area contributed by atoms with Gasteiger partial charge in [0.2, 0.25) is 11.8 Å². The lowest BCUT2D eigenvalue weighted by molar-refractivity contribution is 0.0797. The minimum atomic E-state index is 0.174. The van der Waals surface area contributed by atoms with E-state index in [0.717, 1.165) is 32.7 Å². The summed E-state index contributed by atoms with van der Waals surface area (Å²) in [6.45, 7) is 8.82. The summed E-state index contributed by atoms with van der Waals surface area (Å²) in [5.74, 6) is 1.31. The van der Waals surface area contributed by atoms with E-state index in [0.29, 0.717) is 11.8 Å². The summed E-state index contributed by atoms with van der Waals surface area (Å²) in [6, 6.07) is 0.174. The molecule has 0 spiro atoms. The Bertz CT molecular complexity index is 347. The highest BCUT2D eigenvalue weighted by atomic mass is 16.4. The van der Waals surface area contributed by atoms with Gasteiger partial charge in [-0.25, -0.2) is 0 Å². The highest BCUT2D eigenvalue weighted by Gasteiger charge is 2.24. The zero-order chi connectivity index (χ0) is 12.3. The summed E-state index contributed by atoms with van der Waals surface area (Å²) in [5, 5.41) is 16.8. The minimum absolute atomic E-state index is 0.174. The highest BCUT2D eigenvalue weighted by Crippen LogP contribution is 2.20. The molecule has 2 rings (SSSR count). The van der Waals surface area contributed by atoms with Gasteiger partial charge in [0.15, 0.2) is 0 Å². The van der Waals surface area contributed by atoms with E-state index in [1.54, 1.807) is 0 Å². The quantitative estimate of drug-likeness (QED) is 0.802. The molecule has 6 heteroatoms. The van der Waals surface area contributed by atoms with Gasteiger partial charge in [0.25, 0.3) is 0 Å². The molecule has 1 atom stereocenters. The molecule has 17 heavy (non-hydrogen) atoms. The van der Waals surface area contributed by atoms with Gasteiger partial charge in [-0.3, -0.25) is 9.80 Å². The van der Waals surface area contributed by atoms with Gasteiger partial charge in [-0.2, -0.15) is 0 Å². The van der Waals surface area contributed by atoms with Crippen LogP contribution in [0.3, 0.4) is 0 Å². The lowest BCUT2D eigenvalue weighted by atomic mass is 10.2. The molecule has 0 amide bonds. The molecular formula is C11H20N4O2. The largest absolute Gasteiger partial charge is 0.424 e. The third-order valence-electron chi connectivity index (χ3n) is 3.27. The van der Waals surface area contributed by atoms with E-state index in [1.165, 1.54) is 0 Å². The van der Waals surface area contributed by atoms with Crippen LogP contribution < -0.4 is 0 Å². The molecule has 1 aliphatic rings. The predicted octanol–water partition coefficient (Wildman–Crippen LogP) is 0.0489. The van der Waals surface area contributed by atoms with Gasteiger partial charge in [0, 0.05) is 39.6 Å². The number of rotatable bonds is 4. The van der Waals surface area contributed by atoms with Crippen LogP contribution in [0.25, 0.3) is 0 Å². The van der Waals surface area contributed by atoms with Crippen LogP contribution in [0.1, 0.15) is 24.7 Å². The molecule has 0 aliphatic carbocycles. The Labute approximate surface area is 101 Å². The molecule has 1 saturated heterocycles. The van der Waals surface area contributed by atoms with E-state index in [4.69, 9.17) is 9.52 Å². The van der Waals surface area contributed by atoms with Crippen molar-refractivity contribution < 1.29 is 9.52 Å². The summed E-state index contributed by atoms with van der Waals surface area (Å²) < 4.78 is 5.46. The lowest BCUT2D eigenvalue weighted by Gasteiger charge is -2.36. The summed E-state index contributed by atoms with van der Waals surface area (Å²) in [5.41, 5.74) is 0. The number of aliphatic hydroxyl groups excluding tert-OH is 1. The summed E-state index contributed by atoms with van der Waals surface area (Å²) >= 11 is 0. The van der Waals surface area contributed by atoms with Crippen molar-refractivity contribution in [2.75, 3.05) is 39.3 Å². The number of nitrogens with zero attached hydrogens (tertiary/aromatic N) is 4. The lowest BCUT2D eigenvalue weighted by Crippen LogP contribution is -2.47. The second-order valence-corrected chi connectivity index (χ2v) is 4.44. The predicted molar refractivity (Wildman–Crippen MR) is 62.5 cm³/mol. The van der Waals surface area contributed by atoms with Gasteiger partial charge >= 0.3 is 0 Å². The maximum absolute atomic E-state index is 8.89. The van der Waals surface area contributed by atoms with Crippen molar-refractivity contribution in [1.82, 2.24) is 20.0 Å². The van der Waals surface area contributed by atoms with Crippen LogP contribution in [0.4, 0.5) is 0 Å². The topological polar surface area (TPSA) is 65.6 Å². The Morgan fingerprint density at radius 3 is 2.53 bits per heavy atom. The molecule has 0 bridgehead atoms. The van der Waals surface area contributed by atoms with Crippen LogP contribution in [-0.2, 0) is 0 Å². The molecule has 1 aromatic rings. The molecule has 0 saturated carbocycles. The Morgan fingerprint density at radius 1 is 1.29 bits per heavy atom. The first-order chi connectivity index (χ1) is 8.20. The number of β-amino-alcohol motifs (C(OH)–C–C–N with tert-alkyl or cyclic N) is 1. The van der Waals surface area contributed by atoms with Crippen LogP contribution in [0.2, 0.25) is 0 Å². The van der Waals surface area contributed by atoms with Crippen LogP contribution in [-0.4, -0.2) is 64.4 Å². The van der Waals surface area contributed by atoms with E-state index in [2.05, 4.69) is 26.9 Å². The Kier molecular flexibility index (Phi) is 4.09. The number of aromatic nitrogens is 2. The smallest absolute Gasteiger partial charge is 0.233 e. The first kappa shape index (κ1) is 12.5. The Hall–Kier alpha value is -0.980. The second-order valence-electron chi connectivity index (χ2n) is 4.44. The third-order valence-corrected chi connectivity index (χ3v) is 3.27. The van der Waals surface area contributed by atoms with Crippen molar-refractivity contribution in [3.05, 3.63) is 11.8 Å². The Balaban J connectivity index is 1.88. The zero-order valence-corrected chi connectivity index (χ0v) is 10.5. The van der Waals surface area contributed by atoms with Gasteiger partial charge in [0.05, 0.1) is 12.6 Å².